The van der Waals surface area contributed by atoms with Crippen LogP contribution < -0.4 is 5.32 Å². The van der Waals surface area contributed by atoms with Gasteiger partial charge >= 0.3 is 0 Å². The van der Waals surface area contributed by atoms with E-state index in [0.717, 1.165) is 43.4 Å². The summed E-state index contributed by atoms with van der Waals surface area (Å²) < 4.78 is 0. The van der Waals surface area contributed by atoms with Gasteiger partial charge in [0.1, 0.15) is 0 Å². The normalized spacial score (nSPS) is 15.4. The number of anilines is 1. The number of rotatable bonds is 7. The molecule has 5 nitrogen and oxygen atoms in total. The number of carbonyl (C=O) groups excluding carboxylic acids is 2. The van der Waals surface area contributed by atoms with Crippen LogP contribution in [-0.2, 0) is 9.59 Å². The van der Waals surface area contributed by atoms with E-state index in [9.17, 15) is 9.59 Å². The van der Waals surface area contributed by atoms with E-state index in [2.05, 4.69) is 17.2 Å². The van der Waals surface area contributed by atoms with Crippen molar-refractivity contribution in [1.29, 1.82) is 0 Å². The molecule has 1 aromatic heterocycles. The quantitative estimate of drug-likeness (QED) is 0.827. The smallest absolute Gasteiger partial charge is 0.245 e. The van der Waals surface area contributed by atoms with Gasteiger partial charge in [0.05, 0.1) is 6.54 Å². The van der Waals surface area contributed by atoms with Crippen molar-refractivity contribution in [2.45, 2.75) is 58.8 Å². The highest BCUT2D eigenvalue weighted by Gasteiger charge is 2.27. The van der Waals surface area contributed by atoms with Crippen molar-refractivity contribution in [1.82, 2.24) is 9.88 Å². The first-order valence-corrected chi connectivity index (χ1v) is 9.43. The van der Waals surface area contributed by atoms with Crippen LogP contribution in [-0.4, -0.2) is 34.8 Å². The van der Waals surface area contributed by atoms with E-state index in [-0.39, 0.29) is 24.3 Å². The van der Waals surface area contributed by atoms with Crippen molar-refractivity contribution in [3.05, 3.63) is 11.1 Å². The number of hydrogen-bond donors (Lipinski definition) is 1. The van der Waals surface area contributed by atoms with Gasteiger partial charge in [-0.1, -0.05) is 32.6 Å². The Balaban J connectivity index is 1.93. The third-order valence-corrected chi connectivity index (χ3v) is 5.08. The first kappa shape index (κ1) is 17.9. The number of amides is 2. The van der Waals surface area contributed by atoms with Crippen molar-refractivity contribution in [3.8, 4) is 0 Å². The van der Waals surface area contributed by atoms with Gasteiger partial charge < -0.3 is 10.2 Å². The fourth-order valence-electron chi connectivity index (χ4n) is 2.97. The van der Waals surface area contributed by atoms with Crippen LogP contribution in [0, 0.1) is 12.8 Å². The summed E-state index contributed by atoms with van der Waals surface area (Å²) in [6.07, 6.45) is 9.10. The largest absolute Gasteiger partial charge is 0.333 e. The first-order chi connectivity index (χ1) is 11.1. The number of unbranched alkanes of at least 4 members (excludes halogenated alkanes) is 1. The second-order valence-corrected chi connectivity index (χ2v) is 7.51. The molecule has 6 heteroatoms. The Morgan fingerprint density at radius 1 is 1.35 bits per heavy atom. The van der Waals surface area contributed by atoms with Crippen LogP contribution in [0.3, 0.4) is 0 Å². The van der Waals surface area contributed by atoms with Crippen LogP contribution in [0.25, 0.3) is 0 Å². The van der Waals surface area contributed by atoms with E-state index < -0.39 is 0 Å². The SMILES string of the molecule is CCCCN(CC(=O)Nc1ncc(C)s1)C(=O)C1CCCCC1. The van der Waals surface area contributed by atoms with E-state index in [1.165, 1.54) is 17.8 Å². The molecule has 1 aliphatic carbocycles. The van der Waals surface area contributed by atoms with Crippen molar-refractivity contribution < 1.29 is 9.59 Å². The summed E-state index contributed by atoms with van der Waals surface area (Å²) in [5, 5.41) is 3.41. The maximum absolute atomic E-state index is 12.7. The molecular weight excluding hydrogens is 310 g/mol. The lowest BCUT2D eigenvalue weighted by Gasteiger charge is -2.28. The molecule has 0 aromatic carbocycles. The average Bonchev–Trinajstić information content (AvgIpc) is 2.96. The summed E-state index contributed by atoms with van der Waals surface area (Å²) in [4.78, 5) is 31.9. The summed E-state index contributed by atoms with van der Waals surface area (Å²) in [6, 6.07) is 0. The summed E-state index contributed by atoms with van der Waals surface area (Å²) in [7, 11) is 0. The lowest BCUT2D eigenvalue weighted by molar-refractivity contribution is -0.139. The molecule has 1 saturated carbocycles. The lowest BCUT2D eigenvalue weighted by atomic mass is 9.88. The minimum atomic E-state index is -0.153. The van der Waals surface area contributed by atoms with Gasteiger partial charge in [-0.15, -0.1) is 11.3 Å². The van der Waals surface area contributed by atoms with Crippen molar-refractivity contribution in [2.75, 3.05) is 18.4 Å². The summed E-state index contributed by atoms with van der Waals surface area (Å²) in [5.74, 6) is 0.110. The maximum atomic E-state index is 12.7. The molecule has 0 saturated heterocycles. The number of aryl methyl sites for hydroxylation is 1. The molecule has 2 amide bonds. The fraction of sp³-hybridized carbons (Fsp3) is 0.706. The molecule has 0 aliphatic heterocycles. The second kappa shape index (κ2) is 9.01. The number of carbonyl (C=O) groups is 2. The van der Waals surface area contributed by atoms with Gasteiger partial charge in [0, 0.05) is 23.5 Å². The minimum absolute atomic E-state index is 0.107. The fourth-order valence-corrected chi connectivity index (χ4v) is 3.65. The van der Waals surface area contributed by atoms with Crippen molar-refractivity contribution in [2.24, 2.45) is 5.92 Å². The Kier molecular flexibility index (Phi) is 7.02. The second-order valence-electron chi connectivity index (χ2n) is 6.27. The van der Waals surface area contributed by atoms with Crippen molar-refractivity contribution in [3.63, 3.8) is 0 Å². The lowest BCUT2D eigenvalue weighted by Crippen LogP contribution is -2.42. The highest BCUT2D eigenvalue weighted by atomic mass is 32.1. The number of hydrogen-bond acceptors (Lipinski definition) is 4. The Morgan fingerprint density at radius 2 is 2.09 bits per heavy atom. The third-order valence-electron chi connectivity index (χ3n) is 4.25. The monoisotopic (exact) mass is 337 g/mol. The molecule has 0 atom stereocenters. The molecule has 0 radical (unpaired) electrons. The first-order valence-electron chi connectivity index (χ1n) is 8.61. The van der Waals surface area contributed by atoms with E-state index in [4.69, 9.17) is 0 Å². The van der Waals surface area contributed by atoms with Gasteiger partial charge in [-0.05, 0) is 26.2 Å². The molecule has 1 aromatic rings. The highest BCUT2D eigenvalue weighted by molar-refractivity contribution is 7.15. The Bertz CT molecular complexity index is 524. The van der Waals surface area contributed by atoms with Crippen LogP contribution in [0.5, 0.6) is 0 Å². The maximum Gasteiger partial charge on any atom is 0.245 e. The van der Waals surface area contributed by atoms with Crippen LogP contribution in [0.1, 0.15) is 56.7 Å². The summed E-state index contributed by atoms with van der Waals surface area (Å²) in [5.41, 5.74) is 0. The molecule has 0 unspecified atom stereocenters. The Morgan fingerprint density at radius 3 is 2.70 bits per heavy atom. The molecule has 1 N–H and O–H groups in total. The minimum Gasteiger partial charge on any atom is -0.333 e. The molecule has 0 spiro atoms. The standard InChI is InChI=1S/C17H27N3O2S/c1-3-4-10-20(16(22)14-8-6-5-7-9-14)12-15(21)19-17-18-11-13(2)23-17/h11,14H,3-10,12H2,1-2H3,(H,18,19,21). The van der Waals surface area contributed by atoms with Gasteiger partial charge in [0.15, 0.2) is 5.13 Å². The molecule has 1 heterocycles. The molecule has 1 fully saturated rings. The summed E-state index contributed by atoms with van der Waals surface area (Å²) in [6.45, 7) is 4.85. The topological polar surface area (TPSA) is 62.3 Å². The highest BCUT2D eigenvalue weighted by Crippen LogP contribution is 2.25. The van der Waals surface area contributed by atoms with E-state index in [1.807, 2.05) is 6.92 Å². The van der Waals surface area contributed by atoms with Crippen LogP contribution in [0.4, 0.5) is 5.13 Å². The molecule has 128 valence electrons. The van der Waals surface area contributed by atoms with E-state index in [1.54, 1.807) is 11.1 Å². The average molecular weight is 337 g/mol. The van der Waals surface area contributed by atoms with E-state index >= 15 is 0 Å². The zero-order valence-electron chi connectivity index (χ0n) is 14.1. The number of nitrogens with one attached hydrogen (secondary N) is 1. The summed E-state index contributed by atoms with van der Waals surface area (Å²) >= 11 is 1.45. The molecule has 0 bridgehead atoms. The van der Waals surface area contributed by atoms with Crippen molar-refractivity contribution >= 4 is 28.3 Å². The molecule has 23 heavy (non-hydrogen) atoms. The predicted molar refractivity (Wildman–Crippen MR) is 93.5 cm³/mol. The molecule has 2 rings (SSSR count). The van der Waals surface area contributed by atoms with Crippen LogP contribution >= 0.6 is 11.3 Å². The Hall–Kier alpha value is -1.43. The predicted octanol–water partition coefficient (Wildman–Crippen LogP) is 3.60. The number of nitrogens with zero attached hydrogens (tertiary/aromatic N) is 2. The molecular formula is C17H27N3O2S. The number of thiazole rings is 1. The van der Waals surface area contributed by atoms with Gasteiger partial charge in [0.25, 0.3) is 0 Å². The zero-order chi connectivity index (χ0) is 16.7. The van der Waals surface area contributed by atoms with E-state index in [0.29, 0.717) is 11.7 Å². The van der Waals surface area contributed by atoms with Gasteiger partial charge in [0.2, 0.25) is 11.8 Å². The van der Waals surface area contributed by atoms with Gasteiger partial charge in [-0.2, -0.15) is 0 Å². The van der Waals surface area contributed by atoms with Gasteiger partial charge in [-0.25, -0.2) is 4.98 Å². The molecule has 1 aliphatic rings. The third kappa shape index (κ3) is 5.61. The Labute approximate surface area is 142 Å². The zero-order valence-corrected chi connectivity index (χ0v) is 15.0. The van der Waals surface area contributed by atoms with Crippen LogP contribution in [0.15, 0.2) is 6.20 Å². The van der Waals surface area contributed by atoms with Gasteiger partial charge in [-0.3, -0.25) is 9.59 Å². The number of aromatic nitrogens is 1. The van der Waals surface area contributed by atoms with Crippen LogP contribution in [0.2, 0.25) is 0 Å².